The van der Waals surface area contributed by atoms with Crippen LogP contribution in [0.4, 0.5) is 4.39 Å². The fourth-order valence-electron chi connectivity index (χ4n) is 0.950. The van der Waals surface area contributed by atoms with E-state index in [0.717, 1.165) is 6.07 Å². The molecule has 1 aromatic carbocycles. The van der Waals surface area contributed by atoms with Crippen LogP contribution in [0.5, 0.6) is 0 Å². The van der Waals surface area contributed by atoms with Crippen LogP contribution < -0.4 is 0 Å². The number of hydrogen-bond acceptors (Lipinski definition) is 4. The third-order valence-corrected chi connectivity index (χ3v) is 2.95. The molecule has 0 bridgehead atoms. The Morgan fingerprint density at radius 3 is 2.47 bits per heavy atom. The van der Waals surface area contributed by atoms with Crippen molar-refractivity contribution in [1.29, 1.82) is 5.26 Å². The van der Waals surface area contributed by atoms with Crippen molar-refractivity contribution >= 4 is 26.0 Å². The highest BCUT2D eigenvalue weighted by Gasteiger charge is 2.19. The van der Waals surface area contributed by atoms with Crippen molar-refractivity contribution in [3.8, 4) is 6.07 Å². The van der Waals surface area contributed by atoms with E-state index in [-0.39, 0.29) is 17.4 Å². The minimum atomic E-state index is -4.26. The van der Waals surface area contributed by atoms with E-state index in [0.29, 0.717) is 6.07 Å². The van der Waals surface area contributed by atoms with Gasteiger partial charge in [-0.05, 0) is 12.1 Å². The first kappa shape index (κ1) is 11.6. The van der Waals surface area contributed by atoms with E-state index in [2.05, 4.69) is 0 Å². The fraction of sp³-hybridized carbons (Fsp3) is 0. The summed E-state index contributed by atoms with van der Waals surface area (Å²) in [5.74, 6) is -1.16. The van der Waals surface area contributed by atoms with Crippen molar-refractivity contribution in [1.82, 2.24) is 0 Å². The molecule has 0 saturated carbocycles. The summed E-state index contributed by atoms with van der Waals surface area (Å²) in [5, 5.41) is 8.51. The van der Waals surface area contributed by atoms with E-state index in [1.54, 1.807) is 6.07 Å². The van der Waals surface area contributed by atoms with Crippen molar-refractivity contribution in [2.24, 2.45) is 0 Å². The first-order valence-electron chi connectivity index (χ1n) is 3.53. The largest absolute Gasteiger partial charge is 0.298 e. The number of nitrogens with zero attached hydrogens (tertiary/aromatic N) is 1. The minimum Gasteiger partial charge on any atom is -0.298 e. The number of rotatable bonds is 2. The summed E-state index contributed by atoms with van der Waals surface area (Å²) in [7, 11) is 0.660. The molecule has 78 valence electrons. The van der Waals surface area contributed by atoms with Gasteiger partial charge in [0.05, 0.1) is 11.6 Å². The molecule has 0 atom stereocenters. The molecular weight excluding hydrogens is 245 g/mol. The Morgan fingerprint density at radius 2 is 2.07 bits per heavy atom. The Balaban J connectivity index is 3.62. The standard InChI is InChI=1S/C8H3ClFNO3S/c9-15(13,14)8-2-6(4-12)5(3-11)1-7(8)10/h1-2,4H. The first-order valence-corrected chi connectivity index (χ1v) is 5.84. The first-order chi connectivity index (χ1) is 6.90. The highest BCUT2D eigenvalue weighted by molar-refractivity contribution is 8.13. The van der Waals surface area contributed by atoms with Crippen molar-refractivity contribution < 1.29 is 17.6 Å². The molecule has 0 amide bonds. The molecule has 0 aliphatic carbocycles. The molecule has 4 nitrogen and oxygen atoms in total. The maximum atomic E-state index is 13.1. The van der Waals surface area contributed by atoms with E-state index >= 15 is 0 Å². The number of carbonyl (C=O) groups is 1. The predicted octanol–water partition coefficient (Wildman–Crippen LogP) is 1.44. The van der Waals surface area contributed by atoms with Crippen LogP contribution >= 0.6 is 10.7 Å². The molecule has 15 heavy (non-hydrogen) atoms. The van der Waals surface area contributed by atoms with Gasteiger partial charge in [-0.3, -0.25) is 4.79 Å². The van der Waals surface area contributed by atoms with Gasteiger partial charge in [-0.25, -0.2) is 12.8 Å². The molecule has 0 unspecified atom stereocenters. The maximum Gasteiger partial charge on any atom is 0.264 e. The summed E-state index contributed by atoms with van der Waals surface area (Å²) in [6.45, 7) is 0. The summed E-state index contributed by atoms with van der Waals surface area (Å²) in [4.78, 5) is 9.65. The number of carbonyl (C=O) groups excluding carboxylic acids is 1. The Labute approximate surface area is 89.3 Å². The van der Waals surface area contributed by atoms with Gasteiger partial charge in [-0.2, -0.15) is 5.26 Å². The van der Waals surface area contributed by atoms with Crippen LogP contribution in [0.25, 0.3) is 0 Å². The fourth-order valence-corrected chi connectivity index (χ4v) is 1.86. The van der Waals surface area contributed by atoms with Gasteiger partial charge in [0, 0.05) is 16.2 Å². The normalized spacial score (nSPS) is 10.7. The van der Waals surface area contributed by atoms with Crippen molar-refractivity contribution in [3.05, 3.63) is 29.1 Å². The van der Waals surface area contributed by atoms with E-state index in [9.17, 15) is 17.6 Å². The van der Waals surface area contributed by atoms with Gasteiger partial charge in [0.2, 0.25) is 0 Å². The summed E-state index contributed by atoms with van der Waals surface area (Å²) >= 11 is 0. The summed E-state index contributed by atoms with van der Waals surface area (Å²) < 4.78 is 34.8. The molecular formula is C8H3ClFNO3S. The van der Waals surface area contributed by atoms with E-state index in [1.807, 2.05) is 0 Å². The number of hydrogen-bond donors (Lipinski definition) is 0. The van der Waals surface area contributed by atoms with Crippen LogP contribution in [0, 0.1) is 17.1 Å². The van der Waals surface area contributed by atoms with Crippen LogP contribution in [0.2, 0.25) is 0 Å². The van der Waals surface area contributed by atoms with E-state index in [4.69, 9.17) is 15.9 Å². The Bertz CT molecular complexity index is 562. The lowest BCUT2D eigenvalue weighted by Gasteiger charge is -2.01. The number of aldehydes is 1. The van der Waals surface area contributed by atoms with Gasteiger partial charge in [0.15, 0.2) is 6.29 Å². The number of nitriles is 1. The van der Waals surface area contributed by atoms with Crippen molar-refractivity contribution in [3.63, 3.8) is 0 Å². The molecule has 1 aromatic rings. The summed E-state index contributed by atoms with van der Waals surface area (Å²) in [6.07, 6.45) is 0.254. The molecule has 0 N–H and O–H groups in total. The van der Waals surface area contributed by atoms with Crippen LogP contribution in [-0.4, -0.2) is 14.7 Å². The van der Waals surface area contributed by atoms with Crippen LogP contribution in [0.15, 0.2) is 17.0 Å². The highest BCUT2D eigenvalue weighted by atomic mass is 35.7. The lowest BCUT2D eigenvalue weighted by molar-refractivity contribution is 0.112. The molecule has 0 heterocycles. The quantitative estimate of drug-likeness (QED) is 0.585. The molecule has 0 fully saturated rings. The number of halogens is 2. The van der Waals surface area contributed by atoms with E-state index in [1.165, 1.54) is 0 Å². The zero-order valence-corrected chi connectivity index (χ0v) is 8.64. The molecule has 7 heteroatoms. The SMILES string of the molecule is N#Cc1cc(F)c(S(=O)(=O)Cl)cc1C=O. The van der Waals surface area contributed by atoms with Gasteiger partial charge in [-0.1, -0.05) is 0 Å². The van der Waals surface area contributed by atoms with Crippen LogP contribution in [-0.2, 0) is 9.05 Å². The highest BCUT2D eigenvalue weighted by Crippen LogP contribution is 2.22. The summed E-state index contributed by atoms with van der Waals surface area (Å²) in [6, 6.07) is 2.93. The monoisotopic (exact) mass is 247 g/mol. The average Bonchev–Trinajstić information content (AvgIpc) is 2.15. The van der Waals surface area contributed by atoms with Crippen LogP contribution in [0.3, 0.4) is 0 Å². The molecule has 0 saturated heterocycles. The lowest BCUT2D eigenvalue weighted by Crippen LogP contribution is -1.99. The molecule has 0 spiro atoms. The van der Waals surface area contributed by atoms with Gasteiger partial charge < -0.3 is 0 Å². The second-order valence-corrected chi connectivity index (χ2v) is 5.07. The zero-order chi connectivity index (χ0) is 11.6. The minimum absolute atomic E-state index is 0.224. The molecule has 0 aromatic heterocycles. The molecule has 1 rings (SSSR count). The zero-order valence-electron chi connectivity index (χ0n) is 7.07. The maximum absolute atomic E-state index is 13.1. The second kappa shape index (κ2) is 3.96. The van der Waals surface area contributed by atoms with Crippen molar-refractivity contribution in [2.45, 2.75) is 4.90 Å². The topological polar surface area (TPSA) is 75.0 Å². The molecule has 0 radical (unpaired) electrons. The lowest BCUT2D eigenvalue weighted by atomic mass is 10.1. The van der Waals surface area contributed by atoms with Gasteiger partial charge >= 0.3 is 0 Å². The Hall–Kier alpha value is -1.45. The van der Waals surface area contributed by atoms with Crippen LogP contribution in [0.1, 0.15) is 15.9 Å². The third-order valence-electron chi connectivity index (χ3n) is 1.61. The molecule has 0 aliphatic rings. The number of benzene rings is 1. The van der Waals surface area contributed by atoms with Gasteiger partial charge in [-0.15, -0.1) is 0 Å². The Kier molecular flexibility index (Phi) is 3.07. The Morgan fingerprint density at radius 1 is 1.47 bits per heavy atom. The smallest absolute Gasteiger partial charge is 0.264 e. The van der Waals surface area contributed by atoms with E-state index < -0.39 is 19.8 Å². The van der Waals surface area contributed by atoms with Gasteiger partial charge in [0.1, 0.15) is 10.7 Å². The van der Waals surface area contributed by atoms with Gasteiger partial charge in [0.25, 0.3) is 9.05 Å². The predicted molar refractivity (Wildman–Crippen MR) is 49.5 cm³/mol. The molecule has 0 aliphatic heterocycles. The summed E-state index contributed by atoms with van der Waals surface area (Å²) in [5.41, 5.74) is -0.468. The van der Waals surface area contributed by atoms with Crippen molar-refractivity contribution in [2.75, 3.05) is 0 Å². The third kappa shape index (κ3) is 2.32. The average molecular weight is 248 g/mol. The second-order valence-electron chi connectivity index (χ2n) is 2.54.